The number of methoxy groups -OCH3 is 1. The van der Waals surface area contributed by atoms with Gasteiger partial charge in [0.2, 0.25) is 0 Å². The number of hydrogen-bond acceptors (Lipinski definition) is 3. The lowest BCUT2D eigenvalue weighted by Crippen LogP contribution is -2.43. The monoisotopic (exact) mass is 419 g/mol. The minimum atomic E-state index is 0. The van der Waals surface area contributed by atoms with Crippen molar-refractivity contribution in [2.75, 3.05) is 20.7 Å². The largest absolute Gasteiger partial charge is 0.493 e. The molecule has 1 aliphatic carbocycles. The van der Waals surface area contributed by atoms with Crippen molar-refractivity contribution in [3.8, 4) is 11.5 Å². The van der Waals surface area contributed by atoms with Gasteiger partial charge in [0, 0.05) is 13.1 Å². The minimum absolute atomic E-state index is 0. The molecule has 0 amide bonds. The topological polar surface area (TPSA) is 54.9 Å². The summed E-state index contributed by atoms with van der Waals surface area (Å²) in [5, 5.41) is 6.68. The van der Waals surface area contributed by atoms with E-state index in [0.717, 1.165) is 23.4 Å². The van der Waals surface area contributed by atoms with Gasteiger partial charge in [-0.15, -0.1) is 24.0 Å². The number of nitrogens with zero attached hydrogens (tertiary/aromatic N) is 1. The van der Waals surface area contributed by atoms with Crippen LogP contribution in [0.1, 0.15) is 20.3 Å². The second kappa shape index (κ2) is 9.07. The molecule has 3 atom stereocenters. The molecule has 0 heterocycles. The summed E-state index contributed by atoms with van der Waals surface area (Å²) in [5.41, 5.74) is 0. The van der Waals surface area contributed by atoms with Crippen molar-refractivity contribution in [1.82, 2.24) is 10.6 Å². The molecule has 0 radical (unpaired) electrons. The molecule has 6 heteroatoms. The molecule has 0 bridgehead atoms. The number of halogens is 1. The SMILES string of the molecule is CN=C(NCC(C)Oc1ccccc1OC)NC1CC1C.I. The Balaban J connectivity index is 0.00000242. The Kier molecular flexibility index (Phi) is 7.78. The van der Waals surface area contributed by atoms with Gasteiger partial charge >= 0.3 is 0 Å². The van der Waals surface area contributed by atoms with Crippen molar-refractivity contribution in [3.63, 3.8) is 0 Å². The highest BCUT2D eigenvalue weighted by Gasteiger charge is 2.33. The zero-order valence-electron chi connectivity index (χ0n) is 13.6. The van der Waals surface area contributed by atoms with E-state index in [1.165, 1.54) is 6.42 Å². The zero-order chi connectivity index (χ0) is 15.2. The Bertz CT molecular complexity index is 496. The van der Waals surface area contributed by atoms with Crippen LogP contribution < -0.4 is 20.1 Å². The van der Waals surface area contributed by atoms with Gasteiger partial charge in [-0.25, -0.2) is 0 Å². The molecule has 1 fully saturated rings. The molecule has 3 unspecified atom stereocenters. The van der Waals surface area contributed by atoms with Crippen LogP contribution in [0.4, 0.5) is 0 Å². The van der Waals surface area contributed by atoms with Crippen LogP contribution in [0.2, 0.25) is 0 Å². The molecular formula is C16H26IN3O2. The molecule has 0 aromatic heterocycles. The molecule has 0 aliphatic heterocycles. The normalized spacial score (nSPS) is 21.4. The summed E-state index contributed by atoms with van der Waals surface area (Å²) in [5.74, 6) is 3.08. The quantitative estimate of drug-likeness (QED) is 0.423. The van der Waals surface area contributed by atoms with E-state index in [1.54, 1.807) is 14.2 Å². The summed E-state index contributed by atoms with van der Waals surface area (Å²) in [7, 11) is 3.43. The lowest BCUT2D eigenvalue weighted by molar-refractivity contribution is 0.213. The van der Waals surface area contributed by atoms with E-state index in [2.05, 4.69) is 22.5 Å². The Morgan fingerprint density at radius 1 is 1.36 bits per heavy atom. The second-order valence-electron chi connectivity index (χ2n) is 5.50. The molecule has 1 aliphatic rings. The first-order valence-corrected chi connectivity index (χ1v) is 7.41. The maximum absolute atomic E-state index is 5.90. The van der Waals surface area contributed by atoms with Gasteiger partial charge in [-0.2, -0.15) is 0 Å². The summed E-state index contributed by atoms with van der Waals surface area (Å²) in [6, 6.07) is 8.23. The predicted octanol–water partition coefficient (Wildman–Crippen LogP) is 2.65. The van der Waals surface area contributed by atoms with E-state index in [0.29, 0.717) is 12.6 Å². The van der Waals surface area contributed by atoms with Crippen molar-refractivity contribution in [2.45, 2.75) is 32.4 Å². The summed E-state index contributed by atoms with van der Waals surface area (Å²) in [6.07, 6.45) is 1.23. The van der Waals surface area contributed by atoms with Crippen molar-refractivity contribution in [3.05, 3.63) is 24.3 Å². The maximum atomic E-state index is 5.90. The fourth-order valence-corrected chi connectivity index (χ4v) is 2.11. The van der Waals surface area contributed by atoms with Crippen molar-refractivity contribution in [2.24, 2.45) is 10.9 Å². The van der Waals surface area contributed by atoms with Gasteiger partial charge < -0.3 is 20.1 Å². The predicted molar refractivity (Wildman–Crippen MR) is 101 cm³/mol. The van der Waals surface area contributed by atoms with Crippen molar-refractivity contribution < 1.29 is 9.47 Å². The Morgan fingerprint density at radius 3 is 2.55 bits per heavy atom. The van der Waals surface area contributed by atoms with E-state index < -0.39 is 0 Å². The molecule has 124 valence electrons. The third kappa shape index (κ3) is 5.55. The number of hydrogen-bond donors (Lipinski definition) is 2. The van der Waals surface area contributed by atoms with Crippen LogP contribution in [-0.2, 0) is 0 Å². The van der Waals surface area contributed by atoms with Crippen LogP contribution in [0, 0.1) is 5.92 Å². The average Bonchev–Trinajstić information content (AvgIpc) is 3.19. The number of ether oxygens (including phenoxy) is 2. The molecule has 1 saturated carbocycles. The van der Waals surface area contributed by atoms with Crippen LogP contribution in [0.5, 0.6) is 11.5 Å². The summed E-state index contributed by atoms with van der Waals surface area (Å²) < 4.78 is 11.2. The fraction of sp³-hybridized carbons (Fsp3) is 0.562. The van der Waals surface area contributed by atoms with E-state index in [-0.39, 0.29) is 30.1 Å². The van der Waals surface area contributed by atoms with E-state index in [1.807, 2.05) is 31.2 Å². The van der Waals surface area contributed by atoms with Gasteiger partial charge in [0.25, 0.3) is 0 Å². The van der Waals surface area contributed by atoms with Crippen LogP contribution in [-0.4, -0.2) is 38.8 Å². The first-order chi connectivity index (χ1) is 10.1. The Labute approximate surface area is 149 Å². The zero-order valence-corrected chi connectivity index (χ0v) is 16.0. The molecule has 0 spiro atoms. The number of aliphatic imine (C=N–C) groups is 1. The number of benzene rings is 1. The molecule has 1 aromatic rings. The van der Waals surface area contributed by atoms with Crippen LogP contribution in [0.3, 0.4) is 0 Å². The van der Waals surface area contributed by atoms with Gasteiger partial charge in [-0.1, -0.05) is 19.1 Å². The number of guanidine groups is 1. The van der Waals surface area contributed by atoms with Gasteiger partial charge in [0.15, 0.2) is 17.5 Å². The first kappa shape index (κ1) is 18.9. The minimum Gasteiger partial charge on any atom is -0.493 e. The first-order valence-electron chi connectivity index (χ1n) is 7.41. The van der Waals surface area contributed by atoms with Gasteiger partial charge in [-0.3, -0.25) is 4.99 Å². The molecule has 1 aromatic carbocycles. The van der Waals surface area contributed by atoms with Crippen LogP contribution >= 0.6 is 24.0 Å². The number of para-hydroxylation sites is 2. The molecule has 5 nitrogen and oxygen atoms in total. The highest BCUT2D eigenvalue weighted by molar-refractivity contribution is 14.0. The molecule has 2 N–H and O–H groups in total. The summed E-state index contributed by atoms with van der Waals surface area (Å²) in [4.78, 5) is 4.23. The standard InChI is InChI=1S/C16H25N3O2.HI/c1-11-9-13(11)19-16(17-3)18-10-12(2)21-15-8-6-5-7-14(15)20-4;/h5-8,11-13H,9-10H2,1-4H3,(H2,17,18,19);1H. The smallest absolute Gasteiger partial charge is 0.191 e. The number of rotatable bonds is 6. The number of nitrogens with one attached hydrogen (secondary N) is 2. The van der Waals surface area contributed by atoms with E-state index in [9.17, 15) is 0 Å². The molecule has 0 saturated heterocycles. The van der Waals surface area contributed by atoms with Crippen molar-refractivity contribution >= 4 is 29.9 Å². The third-order valence-corrected chi connectivity index (χ3v) is 3.61. The van der Waals surface area contributed by atoms with Crippen LogP contribution in [0.25, 0.3) is 0 Å². The van der Waals surface area contributed by atoms with Gasteiger partial charge in [-0.05, 0) is 31.4 Å². The van der Waals surface area contributed by atoms with Gasteiger partial charge in [0.1, 0.15) is 6.10 Å². The summed E-state index contributed by atoms with van der Waals surface area (Å²) in [6.45, 7) is 4.93. The maximum Gasteiger partial charge on any atom is 0.191 e. The Morgan fingerprint density at radius 2 is 2.00 bits per heavy atom. The van der Waals surface area contributed by atoms with E-state index in [4.69, 9.17) is 9.47 Å². The lowest BCUT2D eigenvalue weighted by Gasteiger charge is -2.19. The summed E-state index contributed by atoms with van der Waals surface area (Å²) >= 11 is 0. The van der Waals surface area contributed by atoms with Crippen LogP contribution in [0.15, 0.2) is 29.3 Å². The molecule has 22 heavy (non-hydrogen) atoms. The van der Waals surface area contributed by atoms with Gasteiger partial charge in [0.05, 0.1) is 13.7 Å². The fourth-order valence-electron chi connectivity index (χ4n) is 2.11. The van der Waals surface area contributed by atoms with Crippen molar-refractivity contribution in [1.29, 1.82) is 0 Å². The lowest BCUT2D eigenvalue weighted by atomic mass is 10.3. The molecular weight excluding hydrogens is 393 g/mol. The third-order valence-electron chi connectivity index (χ3n) is 3.61. The van der Waals surface area contributed by atoms with E-state index >= 15 is 0 Å². The Hall–Kier alpha value is -1.18. The second-order valence-corrected chi connectivity index (χ2v) is 5.50. The highest BCUT2D eigenvalue weighted by atomic mass is 127. The highest BCUT2D eigenvalue weighted by Crippen LogP contribution is 2.29. The molecule has 2 rings (SSSR count). The average molecular weight is 419 g/mol.